The average molecular weight is 266 g/mol. The standard InChI is InChI=1S/C8H14O2S2.C2H8N2/c9-8(10)4-2-1-3-7-5-6-11-12-7;3-1-2-4/h7H,1-6H2,(H,9,10);1-4H2/t7-;/m1./s1. The van der Waals surface area contributed by atoms with Gasteiger partial charge in [0.05, 0.1) is 0 Å². The molecule has 5 N–H and O–H groups in total. The molecule has 96 valence electrons. The SMILES string of the molecule is NCCN.O=C(O)CCCC[C@@H]1CCSS1. The number of aliphatic carboxylic acids is 1. The Morgan fingerprint density at radius 2 is 2.00 bits per heavy atom. The second kappa shape index (κ2) is 11.6. The summed E-state index contributed by atoms with van der Waals surface area (Å²) >= 11 is 0. The normalized spacial score (nSPS) is 19.0. The zero-order valence-corrected chi connectivity index (χ0v) is 11.2. The van der Waals surface area contributed by atoms with E-state index in [1.807, 2.05) is 21.6 Å². The predicted molar refractivity (Wildman–Crippen MR) is 72.7 cm³/mol. The first-order valence-electron chi connectivity index (χ1n) is 5.61. The Hall–Kier alpha value is 0.0900. The lowest BCUT2D eigenvalue weighted by molar-refractivity contribution is -0.137. The van der Waals surface area contributed by atoms with Crippen LogP contribution in [0.2, 0.25) is 0 Å². The van der Waals surface area contributed by atoms with Gasteiger partial charge in [0.2, 0.25) is 0 Å². The van der Waals surface area contributed by atoms with Gasteiger partial charge in [-0.15, -0.1) is 0 Å². The zero-order chi connectivity index (χ0) is 12.2. The van der Waals surface area contributed by atoms with Gasteiger partial charge in [-0.05, 0) is 19.3 Å². The molecule has 1 aliphatic heterocycles. The summed E-state index contributed by atoms with van der Waals surface area (Å²) in [6.45, 7) is 1.19. The highest BCUT2D eigenvalue weighted by Gasteiger charge is 2.15. The van der Waals surface area contributed by atoms with Crippen LogP contribution in [-0.4, -0.2) is 35.2 Å². The number of carboxylic acid groups (broad SMARTS) is 1. The van der Waals surface area contributed by atoms with E-state index in [9.17, 15) is 4.79 Å². The number of carbonyl (C=O) groups is 1. The second-order valence-corrected chi connectivity index (χ2v) is 6.33. The van der Waals surface area contributed by atoms with Crippen molar-refractivity contribution >= 4 is 27.6 Å². The number of nitrogens with two attached hydrogens (primary N) is 2. The fourth-order valence-electron chi connectivity index (χ4n) is 1.21. The molecule has 1 aliphatic rings. The average Bonchev–Trinajstić information content (AvgIpc) is 2.77. The van der Waals surface area contributed by atoms with E-state index in [1.165, 1.54) is 18.6 Å². The molecular formula is C10H22N2O2S2. The summed E-state index contributed by atoms with van der Waals surface area (Å²) in [4.78, 5) is 10.2. The van der Waals surface area contributed by atoms with Crippen LogP contribution in [-0.2, 0) is 4.79 Å². The van der Waals surface area contributed by atoms with Crippen LogP contribution in [0, 0.1) is 0 Å². The third kappa shape index (κ3) is 10.6. The molecule has 1 atom stereocenters. The van der Waals surface area contributed by atoms with Crippen molar-refractivity contribution in [2.45, 2.75) is 37.4 Å². The van der Waals surface area contributed by atoms with Gasteiger partial charge in [-0.3, -0.25) is 4.79 Å². The fourth-order valence-corrected chi connectivity index (χ4v) is 4.24. The van der Waals surface area contributed by atoms with Crippen LogP contribution in [0.4, 0.5) is 0 Å². The maximum atomic E-state index is 10.2. The van der Waals surface area contributed by atoms with Crippen LogP contribution in [0.3, 0.4) is 0 Å². The van der Waals surface area contributed by atoms with E-state index >= 15 is 0 Å². The molecule has 4 nitrogen and oxygen atoms in total. The Labute approximate surface area is 105 Å². The number of unbranched alkanes of at least 4 members (excludes halogenated alkanes) is 1. The van der Waals surface area contributed by atoms with Crippen LogP contribution in [0.15, 0.2) is 0 Å². The molecule has 16 heavy (non-hydrogen) atoms. The molecule has 0 aliphatic carbocycles. The van der Waals surface area contributed by atoms with E-state index in [2.05, 4.69) is 0 Å². The first-order chi connectivity index (χ1) is 7.70. The topological polar surface area (TPSA) is 89.3 Å². The largest absolute Gasteiger partial charge is 0.481 e. The zero-order valence-electron chi connectivity index (χ0n) is 9.56. The van der Waals surface area contributed by atoms with E-state index in [4.69, 9.17) is 16.6 Å². The molecular weight excluding hydrogens is 244 g/mol. The molecule has 0 bridgehead atoms. The van der Waals surface area contributed by atoms with Gasteiger partial charge >= 0.3 is 5.97 Å². The van der Waals surface area contributed by atoms with Gasteiger partial charge in [-0.2, -0.15) is 0 Å². The van der Waals surface area contributed by atoms with Gasteiger partial charge in [0, 0.05) is 30.5 Å². The molecule has 0 saturated carbocycles. The van der Waals surface area contributed by atoms with Crippen LogP contribution in [0.5, 0.6) is 0 Å². The van der Waals surface area contributed by atoms with Crippen molar-refractivity contribution in [1.82, 2.24) is 0 Å². The summed E-state index contributed by atoms with van der Waals surface area (Å²) < 4.78 is 0. The minimum Gasteiger partial charge on any atom is -0.481 e. The summed E-state index contributed by atoms with van der Waals surface area (Å²) in [5, 5.41) is 9.19. The van der Waals surface area contributed by atoms with Crippen molar-refractivity contribution < 1.29 is 9.90 Å². The molecule has 0 radical (unpaired) electrons. The Balaban J connectivity index is 0.000000487. The van der Waals surface area contributed by atoms with Gasteiger partial charge in [-0.1, -0.05) is 28.0 Å². The molecule has 0 unspecified atom stereocenters. The highest BCUT2D eigenvalue weighted by Crippen LogP contribution is 2.39. The molecule has 0 aromatic rings. The van der Waals surface area contributed by atoms with E-state index < -0.39 is 5.97 Å². The third-order valence-electron chi connectivity index (χ3n) is 2.06. The van der Waals surface area contributed by atoms with Gasteiger partial charge in [-0.25, -0.2) is 0 Å². The van der Waals surface area contributed by atoms with Gasteiger partial charge in [0.15, 0.2) is 0 Å². The first kappa shape index (κ1) is 16.1. The maximum Gasteiger partial charge on any atom is 0.303 e. The summed E-state index contributed by atoms with van der Waals surface area (Å²) in [7, 11) is 3.92. The van der Waals surface area contributed by atoms with Crippen LogP contribution < -0.4 is 11.5 Å². The van der Waals surface area contributed by atoms with Crippen molar-refractivity contribution in [2.75, 3.05) is 18.8 Å². The minimum absolute atomic E-state index is 0.338. The molecule has 0 spiro atoms. The van der Waals surface area contributed by atoms with Crippen LogP contribution in [0.25, 0.3) is 0 Å². The second-order valence-electron chi connectivity index (χ2n) is 3.55. The summed E-state index contributed by atoms with van der Waals surface area (Å²) in [5.74, 6) is 0.609. The Bertz CT molecular complexity index is 174. The predicted octanol–water partition coefficient (Wildman–Crippen LogP) is 1.69. The Morgan fingerprint density at radius 3 is 2.44 bits per heavy atom. The highest BCUT2D eigenvalue weighted by molar-refractivity contribution is 8.77. The Morgan fingerprint density at radius 1 is 1.31 bits per heavy atom. The van der Waals surface area contributed by atoms with Crippen molar-refractivity contribution in [1.29, 1.82) is 0 Å². The lowest BCUT2D eigenvalue weighted by atomic mass is 10.1. The smallest absolute Gasteiger partial charge is 0.303 e. The summed E-state index contributed by atoms with van der Waals surface area (Å²) in [5.41, 5.74) is 9.81. The molecule has 0 aromatic carbocycles. The van der Waals surface area contributed by atoms with Crippen LogP contribution >= 0.6 is 21.6 Å². The lowest BCUT2D eigenvalue weighted by Gasteiger charge is -2.04. The highest BCUT2D eigenvalue weighted by atomic mass is 33.1. The molecule has 1 saturated heterocycles. The molecule has 0 amide bonds. The fraction of sp³-hybridized carbons (Fsp3) is 0.900. The number of rotatable bonds is 6. The van der Waals surface area contributed by atoms with Crippen molar-refractivity contribution in [3.8, 4) is 0 Å². The van der Waals surface area contributed by atoms with Gasteiger partial charge < -0.3 is 16.6 Å². The maximum absolute atomic E-state index is 10.2. The third-order valence-corrected chi connectivity index (χ3v) is 5.07. The van der Waals surface area contributed by atoms with Crippen LogP contribution in [0.1, 0.15) is 32.1 Å². The first-order valence-corrected chi connectivity index (χ1v) is 7.99. The molecule has 1 fully saturated rings. The molecule has 1 heterocycles. The van der Waals surface area contributed by atoms with E-state index in [1.54, 1.807) is 0 Å². The molecule has 1 rings (SSSR count). The number of hydrogen-bond acceptors (Lipinski definition) is 5. The number of carboxylic acids is 1. The summed E-state index contributed by atoms with van der Waals surface area (Å²) in [6.07, 6.45) is 4.76. The van der Waals surface area contributed by atoms with Crippen molar-refractivity contribution in [3.05, 3.63) is 0 Å². The lowest BCUT2D eigenvalue weighted by Crippen LogP contribution is -2.11. The van der Waals surface area contributed by atoms with E-state index in [0.717, 1.165) is 18.1 Å². The van der Waals surface area contributed by atoms with E-state index in [-0.39, 0.29) is 0 Å². The number of hydrogen-bond donors (Lipinski definition) is 3. The quantitative estimate of drug-likeness (QED) is 0.501. The van der Waals surface area contributed by atoms with Crippen molar-refractivity contribution in [2.24, 2.45) is 11.5 Å². The van der Waals surface area contributed by atoms with Gasteiger partial charge in [0.25, 0.3) is 0 Å². The van der Waals surface area contributed by atoms with Crippen molar-refractivity contribution in [3.63, 3.8) is 0 Å². The minimum atomic E-state index is -0.663. The Kier molecular flexibility index (Phi) is 11.6. The monoisotopic (exact) mass is 266 g/mol. The molecule has 6 heteroatoms. The summed E-state index contributed by atoms with van der Waals surface area (Å²) in [6, 6.07) is 0. The van der Waals surface area contributed by atoms with Gasteiger partial charge in [0.1, 0.15) is 0 Å². The van der Waals surface area contributed by atoms with E-state index in [0.29, 0.717) is 19.5 Å². The molecule has 0 aromatic heterocycles.